The summed E-state index contributed by atoms with van der Waals surface area (Å²) in [6, 6.07) is 11.7. The van der Waals surface area contributed by atoms with Crippen LogP contribution in [0.3, 0.4) is 0 Å². The number of anilines is 2. The molecule has 0 bridgehead atoms. The molecular weight excluding hydrogens is 941 g/mol. The number of benzene rings is 4. The van der Waals surface area contributed by atoms with E-state index in [1.165, 1.54) is 12.1 Å². The predicted octanol–water partition coefficient (Wildman–Crippen LogP) is -9.69. The van der Waals surface area contributed by atoms with E-state index in [2.05, 4.69) is 21.1 Å². The number of carbonyl (C=O) groups excluding carboxylic acids is 2. The number of allylic oxidation sites excluding steroid dienone is 2. The second-order valence-electron chi connectivity index (χ2n) is 12.5. The standard InChI is InChI=1S/C34H26N4O16S4.4Na/c1-15-7-17(3-5-23(15)35-37-31-27(57(49,50)51)11-19-9-21(55(43,44)45)13-25(39)29(19)33(31)41)18-4-6-24(16(2)8-18)36-38-32-28(58(52,53)54)12-20-10-22(56(46,47)48)14-26(40)30(20)34(32)42;;;;/h3-14,35-36,39-40H,1-2H3,(H,43,44,45)(H,46,47,48)(H,49,50,51)(H,52,53,54);;;;/q;4*+1/p-4/b37-31-,38-32+;;;;. The molecule has 0 saturated carbocycles. The van der Waals surface area contributed by atoms with Gasteiger partial charge in [-0.15, -0.1) is 0 Å². The predicted molar refractivity (Wildman–Crippen MR) is 200 cm³/mol. The third kappa shape index (κ3) is 11.8. The van der Waals surface area contributed by atoms with Crippen LogP contribution in [0.5, 0.6) is 11.5 Å². The zero-order chi connectivity index (χ0) is 42.9. The zero-order valence-electron chi connectivity index (χ0n) is 33.1. The number of carbonyl (C=O) groups is 2. The van der Waals surface area contributed by atoms with Crippen molar-refractivity contribution in [2.45, 2.75) is 23.6 Å². The summed E-state index contributed by atoms with van der Waals surface area (Å²) in [4.78, 5) is 22.2. The van der Waals surface area contributed by atoms with E-state index in [-0.39, 0.29) is 130 Å². The molecule has 4 N–H and O–H groups in total. The fourth-order valence-corrected chi connectivity index (χ4v) is 8.24. The minimum Gasteiger partial charge on any atom is -0.744 e. The number of hydrazone groups is 2. The smallest absolute Gasteiger partial charge is 0.744 e. The van der Waals surface area contributed by atoms with Crippen molar-refractivity contribution in [3.63, 3.8) is 0 Å². The Balaban J connectivity index is 0.00000331. The van der Waals surface area contributed by atoms with E-state index in [9.17, 15) is 71.7 Å². The summed E-state index contributed by atoms with van der Waals surface area (Å²) in [5.74, 6) is -4.48. The van der Waals surface area contributed by atoms with Gasteiger partial charge < -0.3 is 28.4 Å². The van der Waals surface area contributed by atoms with Crippen LogP contribution in [0.15, 0.2) is 90.5 Å². The molecule has 0 atom stereocenters. The molecular formula is C34H22N4Na4O16S4. The largest absolute Gasteiger partial charge is 1.00 e. The van der Waals surface area contributed by atoms with E-state index in [0.29, 0.717) is 58.7 Å². The van der Waals surface area contributed by atoms with Crippen molar-refractivity contribution in [1.29, 1.82) is 0 Å². The van der Waals surface area contributed by atoms with Crippen molar-refractivity contribution in [2.75, 3.05) is 10.9 Å². The van der Waals surface area contributed by atoms with Gasteiger partial charge in [-0.1, -0.05) is 12.1 Å². The molecule has 28 heteroatoms. The second kappa shape index (κ2) is 20.6. The molecule has 0 radical (unpaired) electrons. The molecule has 0 aliphatic heterocycles. The average molecular weight is 963 g/mol. The van der Waals surface area contributed by atoms with Crippen LogP contribution < -0.4 is 129 Å². The van der Waals surface area contributed by atoms with E-state index in [1.54, 1.807) is 38.1 Å². The van der Waals surface area contributed by atoms with Crippen LogP contribution in [0.2, 0.25) is 0 Å². The summed E-state index contributed by atoms with van der Waals surface area (Å²) in [7, 11) is -21.1. The zero-order valence-corrected chi connectivity index (χ0v) is 44.3. The molecule has 4 aromatic carbocycles. The van der Waals surface area contributed by atoms with Crippen molar-refractivity contribution >= 4 is 87.0 Å². The molecule has 2 aliphatic carbocycles. The molecule has 0 saturated heterocycles. The summed E-state index contributed by atoms with van der Waals surface area (Å²) in [6.07, 6.45) is 1.22. The van der Waals surface area contributed by atoms with Crippen LogP contribution in [-0.2, 0) is 40.5 Å². The summed E-state index contributed by atoms with van der Waals surface area (Å²) >= 11 is 0. The number of phenols is 2. The third-order valence-corrected chi connectivity index (χ3v) is 12.0. The molecule has 0 heterocycles. The van der Waals surface area contributed by atoms with Gasteiger partial charge >= 0.3 is 118 Å². The van der Waals surface area contributed by atoms with E-state index < -0.39 is 117 Å². The van der Waals surface area contributed by atoms with Gasteiger partial charge in [0.25, 0.3) is 0 Å². The quantitative estimate of drug-likeness (QED) is 0.0687. The molecule has 4 aromatic rings. The Labute approximate surface area is 442 Å². The number of hydrogen-bond acceptors (Lipinski definition) is 20. The normalized spacial score (nSPS) is 15.1. The van der Waals surface area contributed by atoms with Gasteiger partial charge in [-0.2, -0.15) is 10.2 Å². The van der Waals surface area contributed by atoms with Gasteiger partial charge in [-0.25, -0.2) is 33.7 Å². The Morgan fingerprint density at radius 3 is 1.10 bits per heavy atom. The van der Waals surface area contributed by atoms with Gasteiger partial charge in [-0.05, 0) is 108 Å². The molecule has 0 unspecified atom stereocenters. The van der Waals surface area contributed by atoms with E-state index in [1.807, 2.05) is 0 Å². The van der Waals surface area contributed by atoms with Crippen LogP contribution in [0.4, 0.5) is 11.4 Å². The first kappa shape index (κ1) is 56.0. The minimum absolute atomic E-state index is 0. The molecule has 2 aliphatic rings. The van der Waals surface area contributed by atoms with Crippen LogP contribution >= 0.6 is 0 Å². The van der Waals surface area contributed by atoms with E-state index in [4.69, 9.17) is 0 Å². The van der Waals surface area contributed by atoms with E-state index in [0.717, 1.165) is 0 Å². The SMILES string of the molecule is Cc1cc(-c2ccc(N/N=C3\C(=O)c4c(O)cc(S(=O)(=O)[O-])cc4C=C3S(=O)(=O)[O-])c(C)c2)ccc1N/N=C1/C(=O)c2c(O)cc(S(=O)(=O)[O-])cc2C=C1S(=O)(=O)[O-].[Na+].[Na+].[Na+].[Na+]. The van der Waals surface area contributed by atoms with Crippen molar-refractivity contribution in [1.82, 2.24) is 0 Å². The number of aryl methyl sites for hydroxylation is 2. The Hall–Kier alpha value is -2.12. The maximum absolute atomic E-state index is 13.3. The maximum Gasteiger partial charge on any atom is 1.00 e. The Morgan fingerprint density at radius 2 is 0.823 bits per heavy atom. The summed E-state index contributed by atoms with van der Waals surface area (Å²) in [6.45, 7) is 3.21. The molecule has 62 heavy (non-hydrogen) atoms. The van der Waals surface area contributed by atoms with Gasteiger partial charge in [0.05, 0.1) is 42.1 Å². The average Bonchev–Trinajstić information content (AvgIpc) is 3.09. The Morgan fingerprint density at radius 1 is 0.500 bits per heavy atom. The second-order valence-corrected chi connectivity index (χ2v) is 18.0. The maximum atomic E-state index is 13.3. The third-order valence-electron chi connectivity index (χ3n) is 8.65. The van der Waals surface area contributed by atoms with Crippen LogP contribution in [0.1, 0.15) is 43.0 Å². The number of phenolic OH excluding ortho intramolecular Hbond substituents is 2. The first-order chi connectivity index (χ1) is 26.8. The number of hydrogen-bond donors (Lipinski definition) is 4. The van der Waals surface area contributed by atoms with Crippen LogP contribution in [-0.4, -0.2) is 85.1 Å². The van der Waals surface area contributed by atoms with Crippen molar-refractivity contribution < 1.29 is 190 Å². The van der Waals surface area contributed by atoms with Gasteiger partial charge in [-0.3, -0.25) is 20.4 Å². The number of nitrogens with zero attached hydrogens (tertiary/aromatic N) is 2. The van der Waals surface area contributed by atoms with Crippen LogP contribution in [0, 0.1) is 13.8 Å². The molecule has 0 fully saturated rings. The molecule has 0 amide bonds. The number of fused-ring (bicyclic) bond motifs is 2. The molecule has 20 nitrogen and oxygen atoms in total. The van der Waals surface area contributed by atoms with Gasteiger partial charge in [0, 0.05) is 0 Å². The van der Waals surface area contributed by atoms with E-state index >= 15 is 0 Å². The Bertz CT molecular complexity index is 2940. The molecule has 0 spiro atoms. The topological polar surface area (TPSA) is 352 Å². The van der Waals surface area contributed by atoms with Crippen molar-refractivity contribution in [2.24, 2.45) is 10.2 Å². The number of Topliss-reactive ketones (excluding diaryl/α,β-unsaturated/α-hetero) is 2. The molecule has 6 rings (SSSR count). The monoisotopic (exact) mass is 962 g/mol. The first-order valence-corrected chi connectivity index (χ1v) is 21.4. The molecule has 302 valence electrons. The fourth-order valence-electron chi connectivity index (χ4n) is 5.90. The number of aromatic hydroxyl groups is 2. The van der Waals surface area contributed by atoms with Crippen molar-refractivity contribution in [3.8, 4) is 22.6 Å². The fraction of sp³-hybridized carbons (Fsp3) is 0.0588. The number of rotatable bonds is 9. The summed E-state index contributed by atoms with van der Waals surface area (Å²) in [5.41, 5.74) is 3.45. The number of ketones is 2. The number of nitrogens with one attached hydrogen (secondary N) is 2. The molecule has 0 aromatic heterocycles. The van der Waals surface area contributed by atoms with Gasteiger partial charge in [0.1, 0.15) is 63.4 Å². The van der Waals surface area contributed by atoms with Gasteiger partial charge in [0.15, 0.2) is 0 Å². The summed E-state index contributed by atoms with van der Waals surface area (Å²) in [5, 5.41) is 28.3. The van der Waals surface area contributed by atoms with Crippen LogP contribution in [0.25, 0.3) is 23.3 Å². The first-order valence-electron chi connectivity index (χ1n) is 15.8. The van der Waals surface area contributed by atoms with Crippen molar-refractivity contribution in [3.05, 3.63) is 104 Å². The Kier molecular flexibility index (Phi) is 18.6. The summed E-state index contributed by atoms with van der Waals surface area (Å²) < 4.78 is 141. The van der Waals surface area contributed by atoms with Gasteiger partial charge in [0.2, 0.25) is 11.6 Å². The minimum atomic E-state index is -5.42.